The van der Waals surface area contributed by atoms with Gasteiger partial charge in [0.2, 0.25) is 5.91 Å². The molecule has 2 N–H and O–H groups in total. The van der Waals surface area contributed by atoms with Gasteiger partial charge in [-0.25, -0.2) is 0 Å². The van der Waals surface area contributed by atoms with Crippen LogP contribution in [-0.2, 0) is 11.3 Å². The number of aromatic nitrogens is 1. The Morgan fingerprint density at radius 2 is 2.45 bits per heavy atom. The van der Waals surface area contributed by atoms with E-state index in [1.54, 1.807) is 29.1 Å². The number of pyridine rings is 1. The van der Waals surface area contributed by atoms with Crippen LogP contribution in [0.1, 0.15) is 18.4 Å². The van der Waals surface area contributed by atoms with E-state index in [0.717, 1.165) is 11.3 Å². The van der Waals surface area contributed by atoms with E-state index < -0.39 is 6.04 Å². The molecule has 1 amide bonds. The second-order valence-corrected chi connectivity index (χ2v) is 5.40. The summed E-state index contributed by atoms with van der Waals surface area (Å²) in [7, 11) is 0. The summed E-state index contributed by atoms with van der Waals surface area (Å²) in [6.45, 7) is 0.846. The topological polar surface area (TPSA) is 83.0 Å². The average molecular weight is 292 g/mol. The lowest BCUT2D eigenvalue weighted by Crippen LogP contribution is -2.44. The minimum atomic E-state index is -0.502. The van der Waals surface area contributed by atoms with E-state index in [1.807, 2.05) is 18.4 Å². The quantitative estimate of drug-likeness (QED) is 0.783. The van der Waals surface area contributed by atoms with Gasteiger partial charge in [-0.05, 0) is 30.1 Å². The summed E-state index contributed by atoms with van der Waals surface area (Å²) in [4.78, 5) is 18.0. The summed E-state index contributed by atoms with van der Waals surface area (Å²) < 4.78 is 0. The number of amides is 1. The van der Waals surface area contributed by atoms with Gasteiger partial charge in [-0.3, -0.25) is 9.78 Å². The molecule has 0 unspecified atom stereocenters. The van der Waals surface area contributed by atoms with Crippen molar-refractivity contribution in [1.29, 1.82) is 5.26 Å². The molecule has 20 heavy (non-hydrogen) atoms. The maximum absolute atomic E-state index is 12.3. The van der Waals surface area contributed by atoms with Crippen molar-refractivity contribution in [3.05, 3.63) is 30.1 Å². The summed E-state index contributed by atoms with van der Waals surface area (Å²) in [5.41, 5.74) is 6.87. The molecule has 1 atom stereocenters. The van der Waals surface area contributed by atoms with Crippen molar-refractivity contribution in [2.24, 2.45) is 5.73 Å². The van der Waals surface area contributed by atoms with Crippen LogP contribution >= 0.6 is 11.8 Å². The molecule has 0 aromatic carbocycles. The van der Waals surface area contributed by atoms with Gasteiger partial charge in [0.1, 0.15) is 0 Å². The van der Waals surface area contributed by atoms with Crippen molar-refractivity contribution in [3.63, 3.8) is 0 Å². The maximum Gasteiger partial charge on any atom is 0.239 e. The number of hydrogen-bond acceptors (Lipinski definition) is 5. The number of nitrogens with two attached hydrogens (primary N) is 1. The van der Waals surface area contributed by atoms with Crippen molar-refractivity contribution < 1.29 is 4.79 Å². The zero-order valence-electron chi connectivity index (χ0n) is 11.7. The monoisotopic (exact) mass is 292 g/mol. The molecule has 0 aliphatic carbocycles. The fraction of sp³-hybridized carbons (Fsp3) is 0.500. The fourth-order valence-corrected chi connectivity index (χ4v) is 2.26. The summed E-state index contributed by atoms with van der Waals surface area (Å²) in [5.74, 6) is 0.754. The van der Waals surface area contributed by atoms with Gasteiger partial charge in [-0.1, -0.05) is 6.07 Å². The van der Waals surface area contributed by atoms with Crippen molar-refractivity contribution in [1.82, 2.24) is 9.88 Å². The maximum atomic E-state index is 12.3. The Kier molecular flexibility index (Phi) is 7.70. The molecule has 1 aromatic heterocycles. The number of rotatable bonds is 8. The smallest absolute Gasteiger partial charge is 0.239 e. The Hall–Kier alpha value is -1.58. The highest BCUT2D eigenvalue weighted by molar-refractivity contribution is 7.98. The van der Waals surface area contributed by atoms with Gasteiger partial charge in [0.15, 0.2) is 0 Å². The molecule has 1 heterocycles. The molecule has 0 spiro atoms. The lowest BCUT2D eigenvalue weighted by Gasteiger charge is -2.25. The lowest BCUT2D eigenvalue weighted by atomic mass is 10.2. The first kappa shape index (κ1) is 16.5. The molecule has 108 valence electrons. The minimum Gasteiger partial charge on any atom is -0.336 e. The van der Waals surface area contributed by atoms with Crippen LogP contribution in [0.4, 0.5) is 0 Å². The second kappa shape index (κ2) is 9.34. The molecular formula is C14H20N4OS. The van der Waals surface area contributed by atoms with Gasteiger partial charge < -0.3 is 10.6 Å². The zero-order valence-corrected chi connectivity index (χ0v) is 12.5. The number of nitriles is 1. The van der Waals surface area contributed by atoms with Crippen molar-refractivity contribution in [2.75, 3.05) is 18.6 Å². The average Bonchev–Trinajstić information content (AvgIpc) is 2.49. The van der Waals surface area contributed by atoms with Crippen LogP contribution in [0.2, 0.25) is 0 Å². The van der Waals surface area contributed by atoms with Gasteiger partial charge >= 0.3 is 0 Å². The van der Waals surface area contributed by atoms with Crippen LogP contribution in [0.3, 0.4) is 0 Å². The SMILES string of the molecule is CSCC[C@H](N)C(=O)N(CCC#N)Cc1cccnc1. The predicted molar refractivity (Wildman–Crippen MR) is 80.9 cm³/mol. The molecule has 0 aliphatic heterocycles. The van der Waals surface area contributed by atoms with Crippen molar-refractivity contribution in [2.45, 2.75) is 25.4 Å². The Morgan fingerprint density at radius 1 is 1.65 bits per heavy atom. The van der Waals surface area contributed by atoms with Gasteiger partial charge in [-0.15, -0.1) is 0 Å². The van der Waals surface area contributed by atoms with Crippen LogP contribution < -0.4 is 5.73 Å². The first-order valence-corrected chi connectivity index (χ1v) is 7.87. The Labute approximate surface area is 124 Å². The van der Waals surface area contributed by atoms with Crippen LogP contribution in [0.25, 0.3) is 0 Å². The third-order valence-electron chi connectivity index (χ3n) is 2.85. The first-order chi connectivity index (χ1) is 9.69. The van der Waals surface area contributed by atoms with Gasteiger partial charge in [0.25, 0.3) is 0 Å². The molecule has 0 saturated heterocycles. The predicted octanol–water partition coefficient (Wildman–Crippen LogP) is 1.40. The standard InChI is InChI=1S/C14H20N4OS/c1-20-9-5-13(16)14(19)18(8-3-6-15)11-12-4-2-7-17-10-12/h2,4,7,10,13H,3,5,8-9,11,16H2,1H3/t13-/m0/s1. The number of nitrogens with zero attached hydrogens (tertiary/aromatic N) is 3. The lowest BCUT2D eigenvalue weighted by molar-refractivity contribution is -0.133. The van der Waals surface area contributed by atoms with Gasteiger partial charge in [-0.2, -0.15) is 17.0 Å². The third-order valence-corrected chi connectivity index (χ3v) is 3.50. The van der Waals surface area contributed by atoms with Crippen molar-refractivity contribution >= 4 is 17.7 Å². The second-order valence-electron chi connectivity index (χ2n) is 4.42. The van der Waals surface area contributed by atoms with E-state index in [9.17, 15) is 4.79 Å². The van der Waals surface area contributed by atoms with Crippen LogP contribution in [-0.4, -0.2) is 40.4 Å². The Bertz CT molecular complexity index is 446. The van der Waals surface area contributed by atoms with E-state index in [-0.39, 0.29) is 5.91 Å². The van der Waals surface area contributed by atoms with E-state index in [4.69, 9.17) is 11.0 Å². The van der Waals surface area contributed by atoms with E-state index >= 15 is 0 Å². The van der Waals surface area contributed by atoms with Gasteiger partial charge in [0, 0.05) is 25.5 Å². The number of thioether (sulfide) groups is 1. The van der Waals surface area contributed by atoms with Crippen LogP contribution in [0.5, 0.6) is 0 Å². The number of carbonyl (C=O) groups excluding carboxylic acids is 1. The van der Waals surface area contributed by atoms with Crippen LogP contribution in [0, 0.1) is 11.3 Å². The molecule has 0 saturated carbocycles. The third kappa shape index (κ3) is 5.59. The van der Waals surface area contributed by atoms with E-state index in [1.165, 1.54) is 0 Å². The largest absolute Gasteiger partial charge is 0.336 e. The van der Waals surface area contributed by atoms with Crippen LogP contribution in [0.15, 0.2) is 24.5 Å². The highest BCUT2D eigenvalue weighted by atomic mass is 32.2. The molecule has 0 bridgehead atoms. The Morgan fingerprint density at radius 3 is 3.05 bits per heavy atom. The Balaban J connectivity index is 2.68. The molecule has 0 fully saturated rings. The normalized spacial score (nSPS) is 11.7. The minimum absolute atomic E-state index is 0.0989. The molecule has 6 heteroatoms. The molecule has 0 aliphatic rings. The van der Waals surface area contributed by atoms with E-state index in [2.05, 4.69) is 11.1 Å². The summed E-state index contributed by atoms with van der Waals surface area (Å²) in [6, 6.07) is 5.30. The highest BCUT2D eigenvalue weighted by Gasteiger charge is 2.20. The molecule has 1 aromatic rings. The first-order valence-electron chi connectivity index (χ1n) is 6.48. The molecule has 1 rings (SSSR count). The summed E-state index contributed by atoms with van der Waals surface area (Å²) >= 11 is 1.67. The van der Waals surface area contributed by atoms with Crippen molar-refractivity contribution in [3.8, 4) is 6.07 Å². The molecule has 0 radical (unpaired) electrons. The summed E-state index contributed by atoms with van der Waals surface area (Å²) in [6.07, 6.45) is 6.35. The highest BCUT2D eigenvalue weighted by Crippen LogP contribution is 2.08. The number of carbonyl (C=O) groups is 1. The zero-order chi connectivity index (χ0) is 14.8. The summed E-state index contributed by atoms with van der Waals surface area (Å²) in [5, 5.41) is 8.71. The fourth-order valence-electron chi connectivity index (χ4n) is 1.77. The molecule has 5 nitrogen and oxygen atoms in total. The van der Waals surface area contributed by atoms with Gasteiger partial charge in [0.05, 0.1) is 18.5 Å². The molecular weight excluding hydrogens is 272 g/mol. The van der Waals surface area contributed by atoms with E-state index in [0.29, 0.717) is 25.9 Å². The number of hydrogen-bond donors (Lipinski definition) is 1.